The Kier molecular flexibility index (Phi) is 6.48. The molecule has 0 bridgehead atoms. The molecule has 0 fully saturated rings. The molecule has 10 heteroatoms. The Balaban J connectivity index is 1.66. The summed E-state index contributed by atoms with van der Waals surface area (Å²) < 4.78 is 31.6. The van der Waals surface area contributed by atoms with E-state index >= 15 is 0 Å². The molecule has 154 valence electrons. The van der Waals surface area contributed by atoms with Crippen molar-refractivity contribution in [2.75, 3.05) is 12.4 Å². The summed E-state index contributed by atoms with van der Waals surface area (Å²) in [6, 6.07) is 9.18. The summed E-state index contributed by atoms with van der Waals surface area (Å²) in [7, 11) is -3.73. The molecule has 2 heterocycles. The van der Waals surface area contributed by atoms with Gasteiger partial charge < -0.3 is 9.84 Å². The van der Waals surface area contributed by atoms with Crippen molar-refractivity contribution in [3.8, 4) is 5.75 Å². The Hall–Kier alpha value is -2.13. The van der Waals surface area contributed by atoms with E-state index < -0.39 is 27.4 Å². The number of sulfone groups is 1. The van der Waals surface area contributed by atoms with Crippen LogP contribution in [-0.2, 0) is 15.6 Å². The van der Waals surface area contributed by atoms with Crippen LogP contribution in [0.25, 0.3) is 5.65 Å². The van der Waals surface area contributed by atoms with Crippen molar-refractivity contribution in [1.29, 1.82) is 0 Å². The van der Waals surface area contributed by atoms with Gasteiger partial charge in [-0.3, -0.25) is 9.20 Å². The third-order valence-electron chi connectivity index (χ3n) is 4.01. The van der Waals surface area contributed by atoms with Gasteiger partial charge in [-0.15, -0.1) is 0 Å². The zero-order valence-corrected chi connectivity index (χ0v) is 17.7. The number of aliphatic hydroxyl groups is 1. The summed E-state index contributed by atoms with van der Waals surface area (Å²) in [5.41, 5.74) is 0.993. The van der Waals surface area contributed by atoms with Gasteiger partial charge in [0, 0.05) is 18.3 Å². The monoisotopic (exact) mass is 456 g/mol. The Bertz CT molecular complexity index is 1210. The fraction of sp³-hybridized carbons (Fsp3) is 0.263. The molecule has 1 atom stereocenters. The fourth-order valence-electron chi connectivity index (χ4n) is 2.72. The molecule has 0 amide bonds. The highest BCUT2D eigenvalue weighted by atomic mass is 35.5. The average molecular weight is 457 g/mol. The number of fused-ring (bicyclic) bond motifs is 1. The van der Waals surface area contributed by atoms with Crippen LogP contribution in [0.2, 0.25) is 10.0 Å². The summed E-state index contributed by atoms with van der Waals surface area (Å²) >= 11 is 11.7. The molecule has 1 aromatic carbocycles. The fourth-order valence-corrected chi connectivity index (χ4v) is 4.40. The van der Waals surface area contributed by atoms with Crippen LogP contribution >= 0.6 is 23.2 Å². The Morgan fingerprint density at radius 1 is 1.17 bits per heavy atom. The molecule has 3 aromatic rings. The number of aryl methyl sites for hydroxylation is 1. The minimum atomic E-state index is -3.73. The van der Waals surface area contributed by atoms with Gasteiger partial charge in [-0.2, -0.15) is 0 Å². The number of ether oxygens (including phenoxy) is 1. The lowest BCUT2D eigenvalue weighted by molar-refractivity contribution is 0.125. The number of aromatic nitrogens is 2. The molecule has 0 aliphatic carbocycles. The molecule has 7 nitrogen and oxygen atoms in total. The van der Waals surface area contributed by atoms with Crippen LogP contribution in [0.15, 0.2) is 47.4 Å². The second-order valence-corrected chi connectivity index (χ2v) is 9.54. The lowest BCUT2D eigenvalue weighted by atomic mass is 10.3. The molecule has 0 saturated heterocycles. The molecule has 2 aromatic heterocycles. The van der Waals surface area contributed by atoms with Crippen LogP contribution in [0.1, 0.15) is 11.3 Å². The maximum absolute atomic E-state index is 12.4. The predicted octanol–water partition coefficient (Wildman–Crippen LogP) is 2.66. The van der Waals surface area contributed by atoms with Crippen molar-refractivity contribution < 1.29 is 18.3 Å². The summed E-state index contributed by atoms with van der Waals surface area (Å²) in [6.07, 6.45) is 0.367. The van der Waals surface area contributed by atoms with Gasteiger partial charge in [0.1, 0.15) is 24.1 Å². The van der Waals surface area contributed by atoms with E-state index in [2.05, 4.69) is 4.98 Å². The number of nitrogens with zero attached hydrogens (tertiary/aromatic N) is 2. The van der Waals surface area contributed by atoms with Gasteiger partial charge in [-0.1, -0.05) is 29.3 Å². The molecule has 1 unspecified atom stereocenters. The maximum atomic E-state index is 12.4. The number of halogens is 2. The van der Waals surface area contributed by atoms with E-state index in [0.717, 1.165) is 5.56 Å². The van der Waals surface area contributed by atoms with Crippen LogP contribution in [0.4, 0.5) is 0 Å². The molecule has 0 spiro atoms. The largest absolute Gasteiger partial charge is 0.491 e. The van der Waals surface area contributed by atoms with Crippen molar-refractivity contribution in [3.05, 3.63) is 74.3 Å². The molecule has 0 aliphatic heterocycles. The Morgan fingerprint density at radius 3 is 2.66 bits per heavy atom. The van der Waals surface area contributed by atoms with E-state index in [1.54, 1.807) is 24.4 Å². The van der Waals surface area contributed by atoms with Crippen molar-refractivity contribution in [2.45, 2.75) is 18.8 Å². The van der Waals surface area contributed by atoms with Crippen molar-refractivity contribution in [3.63, 3.8) is 0 Å². The van der Waals surface area contributed by atoms with Gasteiger partial charge in [0.05, 0.1) is 27.2 Å². The number of aliphatic hydroxyl groups excluding tert-OH is 1. The summed E-state index contributed by atoms with van der Waals surface area (Å²) in [5, 5.41) is 10.7. The zero-order valence-electron chi connectivity index (χ0n) is 15.4. The second-order valence-electron chi connectivity index (χ2n) is 6.62. The topological polar surface area (TPSA) is 98.0 Å². The van der Waals surface area contributed by atoms with Crippen molar-refractivity contribution >= 4 is 38.7 Å². The van der Waals surface area contributed by atoms with E-state index in [4.69, 9.17) is 27.9 Å². The smallest absolute Gasteiger partial charge is 0.258 e. The van der Waals surface area contributed by atoms with Crippen LogP contribution in [-0.4, -0.2) is 41.4 Å². The average Bonchev–Trinajstić information content (AvgIpc) is 2.62. The first-order valence-corrected chi connectivity index (χ1v) is 11.2. The van der Waals surface area contributed by atoms with Crippen LogP contribution < -0.4 is 10.3 Å². The van der Waals surface area contributed by atoms with E-state index in [-0.39, 0.29) is 22.9 Å². The standard InChI is InChI=1S/C19H18Cl2N2O5S/c1-12-2-5-18-22-13(6-19(25)23(18)8-12)10-29(26,27)11-14(24)9-28-15-3-4-16(20)17(21)7-15/h2-8,14,24H,9-11H2,1H3. The van der Waals surface area contributed by atoms with Gasteiger partial charge >= 0.3 is 0 Å². The zero-order chi connectivity index (χ0) is 21.2. The molecule has 0 saturated carbocycles. The van der Waals surface area contributed by atoms with E-state index in [1.165, 1.54) is 22.6 Å². The molecule has 0 radical (unpaired) electrons. The van der Waals surface area contributed by atoms with Gasteiger partial charge in [0.15, 0.2) is 9.84 Å². The summed E-state index contributed by atoms with van der Waals surface area (Å²) in [4.78, 5) is 16.4. The number of rotatable bonds is 7. The summed E-state index contributed by atoms with van der Waals surface area (Å²) in [6.45, 7) is 1.59. The van der Waals surface area contributed by atoms with Gasteiger partial charge in [0.25, 0.3) is 5.56 Å². The lowest BCUT2D eigenvalue weighted by Gasteiger charge is -2.13. The van der Waals surface area contributed by atoms with E-state index in [9.17, 15) is 18.3 Å². The first kappa shape index (κ1) is 21.6. The normalized spacial score (nSPS) is 12.8. The molecule has 1 N–H and O–H groups in total. The molecular weight excluding hydrogens is 439 g/mol. The highest BCUT2D eigenvalue weighted by Gasteiger charge is 2.20. The number of benzene rings is 1. The van der Waals surface area contributed by atoms with Crippen molar-refractivity contribution in [1.82, 2.24) is 9.38 Å². The molecule has 0 aliphatic rings. The number of hydrogen-bond donors (Lipinski definition) is 1. The molecular formula is C19H18Cl2N2O5S. The molecule has 29 heavy (non-hydrogen) atoms. The third-order valence-corrected chi connectivity index (χ3v) is 6.38. The molecule has 3 rings (SSSR count). The van der Waals surface area contributed by atoms with Crippen LogP contribution in [0.5, 0.6) is 5.75 Å². The highest BCUT2D eigenvalue weighted by Crippen LogP contribution is 2.26. The van der Waals surface area contributed by atoms with Crippen LogP contribution in [0.3, 0.4) is 0 Å². The number of hydrogen-bond acceptors (Lipinski definition) is 6. The van der Waals surface area contributed by atoms with E-state index in [0.29, 0.717) is 16.4 Å². The van der Waals surface area contributed by atoms with E-state index in [1.807, 2.05) is 6.92 Å². The minimum absolute atomic E-state index is 0.122. The highest BCUT2D eigenvalue weighted by molar-refractivity contribution is 7.90. The SMILES string of the molecule is Cc1ccc2nc(CS(=O)(=O)CC(O)COc3ccc(Cl)c(Cl)c3)cc(=O)n2c1. The van der Waals surface area contributed by atoms with Gasteiger partial charge in [-0.05, 0) is 30.7 Å². The van der Waals surface area contributed by atoms with Gasteiger partial charge in [0.2, 0.25) is 0 Å². The Morgan fingerprint density at radius 2 is 1.93 bits per heavy atom. The minimum Gasteiger partial charge on any atom is -0.491 e. The third kappa shape index (κ3) is 5.70. The first-order valence-electron chi connectivity index (χ1n) is 8.58. The lowest BCUT2D eigenvalue weighted by Crippen LogP contribution is -2.28. The van der Waals surface area contributed by atoms with Gasteiger partial charge in [-0.25, -0.2) is 13.4 Å². The van der Waals surface area contributed by atoms with Crippen molar-refractivity contribution in [2.24, 2.45) is 0 Å². The summed E-state index contributed by atoms with van der Waals surface area (Å²) in [5.74, 6) is -0.643. The number of pyridine rings is 1. The van der Waals surface area contributed by atoms with Crippen LogP contribution in [0, 0.1) is 6.92 Å². The second kappa shape index (κ2) is 8.71. The maximum Gasteiger partial charge on any atom is 0.258 e. The first-order chi connectivity index (χ1) is 13.6. The predicted molar refractivity (Wildman–Crippen MR) is 112 cm³/mol. The Labute approximate surface area is 177 Å². The quantitative estimate of drug-likeness (QED) is 0.586.